The van der Waals surface area contributed by atoms with Gasteiger partial charge in [-0.3, -0.25) is 9.59 Å². The normalized spacial score (nSPS) is 17.8. The van der Waals surface area contributed by atoms with Gasteiger partial charge < -0.3 is 9.80 Å². The second kappa shape index (κ2) is 9.00. The van der Waals surface area contributed by atoms with Crippen LogP contribution >= 0.6 is 11.6 Å². The molecule has 2 heterocycles. The molecule has 0 aliphatic carbocycles. The quantitative estimate of drug-likeness (QED) is 0.705. The zero-order valence-corrected chi connectivity index (χ0v) is 17.4. The van der Waals surface area contributed by atoms with E-state index in [0.29, 0.717) is 24.5 Å². The fourth-order valence-electron chi connectivity index (χ4n) is 4.41. The van der Waals surface area contributed by atoms with E-state index in [0.717, 1.165) is 42.6 Å². The summed E-state index contributed by atoms with van der Waals surface area (Å²) in [6, 6.07) is 15.5. The van der Waals surface area contributed by atoms with Crippen LogP contribution in [0.1, 0.15) is 59.5 Å². The number of carbonyl (C=O) groups is 2. The molecule has 1 fully saturated rings. The summed E-state index contributed by atoms with van der Waals surface area (Å²) in [6.07, 6.45) is 4.98. The monoisotopic (exact) mass is 410 g/mol. The van der Waals surface area contributed by atoms with Gasteiger partial charge in [-0.1, -0.05) is 54.8 Å². The van der Waals surface area contributed by atoms with E-state index >= 15 is 0 Å². The molecule has 29 heavy (non-hydrogen) atoms. The molecule has 4 rings (SSSR count). The van der Waals surface area contributed by atoms with Crippen molar-refractivity contribution in [2.24, 2.45) is 0 Å². The van der Waals surface area contributed by atoms with E-state index in [4.69, 9.17) is 11.6 Å². The summed E-state index contributed by atoms with van der Waals surface area (Å²) in [5.41, 5.74) is 2.90. The third-order valence-electron chi connectivity index (χ3n) is 6.06. The van der Waals surface area contributed by atoms with E-state index in [1.54, 1.807) is 0 Å². The molecule has 2 aromatic rings. The van der Waals surface area contributed by atoms with E-state index in [2.05, 4.69) is 0 Å². The van der Waals surface area contributed by atoms with Crippen LogP contribution in [0.2, 0.25) is 5.02 Å². The average Bonchev–Trinajstić information content (AvgIpc) is 2.90. The Morgan fingerprint density at radius 3 is 2.34 bits per heavy atom. The maximum atomic E-state index is 13.1. The molecule has 152 valence electrons. The molecule has 2 aliphatic rings. The standard InChI is InChI=1S/C24H27ClN2O2/c25-21-11-9-18(10-12-21)20(15-23(28)26-13-5-1-2-6-14-26)17-27-16-19-7-3-4-8-22(19)24(27)29/h3-4,7-12,20H,1-2,5-6,13-17H2/t20-/m0/s1. The summed E-state index contributed by atoms with van der Waals surface area (Å²) < 4.78 is 0. The van der Waals surface area contributed by atoms with Gasteiger partial charge in [0.1, 0.15) is 0 Å². The zero-order chi connectivity index (χ0) is 20.2. The molecule has 4 nitrogen and oxygen atoms in total. The van der Waals surface area contributed by atoms with Crippen LogP contribution in [0.25, 0.3) is 0 Å². The lowest BCUT2D eigenvalue weighted by Crippen LogP contribution is -2.35. The highest BCUT2D eigenvalue weighted by molar-refractivity contribution is 6.30. The van der Waals surface area contributed by atoms with Crippen LogP contribution in [0.4, 0.5) is 0 Å². The Morgan fingerprint density at radius 1 is 0.966 bits per heavy atom. The van der Waals surface area contributed by atoms with Crippen molar-refractivity contribution in [2.75, 3.05) is 19.6 Å². The fourth-order valence-corrected chi connectivity index (χ4v) is 4.54. The molecule has 1 atom stereocenters. The Balaban J connectivity index is 1.52. The molecule has 0 radical (unpaired) electrons. The van der Waals surface area contributed by atoms with Gasteiger partial charge in [-0.2, -0.15) is 0 Å². The largest absolute Gasteiger partial charge is 0.343 e. The lowest BCUT2D eigenvalue weighted by molar-refractivity contribution is -0.131. The highest BCUT2D eigenvalue weighted by Crippen LogP contribution is 2.29. The molecule has 5 heteroatoms. The van der Waals surface area contributed by atoms with E-state index in [1.165, 1.54) is 12.8 Å². The number of fused-ring (bicyclic) bond motifs is 1. The van der Waals surface area contributed by atoms with Gasteiger partial charge in [-0.05, 0) is 42.2 Å². The van der Waals surface area contributed by atoms with Crippen molar-refractivity contribution < 1.29 is 9.59 Å². The third kappa shape index (κ3) is 4.64. The minimum absolute atomic E-state index is 0.0405. The molecule has 0 N–H and O–H groups in total. The molecule has 0 bridgehead atoms. The first-order chi connectivity index (χ1) is 14.1. The Labute approximate surface area is 177 Å². The second-order valence-corrected chi connectivity index (χ2v) is 8.53. The summed E-state index contributed by atoms with van der Waals surface area (Å²) in [5, 5.41) is 0.677. The van der Waals surface area contributed by atoms with E-state index in [-0.39, 0.29) is 17.7 Å². The first-order valence-electron chi connectivity index (χ1n) is 10.5. The number of likely N-dealkylation sites (tertiary alicyclic amines) is 1. The molecule has 0 unspecified atom stereocenters. The Hall–Kier alpha value is -2.33. The van der Waals surface area contributed by atoms with Gasteiger partial charge in [0.25, 0.3) is 5.91 Å². The van der Waals surface area contributed by atoms with Crippen molar-refractivity contribution >= 4 is 23.4 Å². The first kappa shape index (κ1) is 20.0. The predicted molar refractivity (Wildman–Crippen MR) is 115 cm³/mol. The Morgan fingerprint density at radius 2 is 1.66 bits per heavy atom. The van der Waals surface area contributed by atoms with Crippen LogP contribution in [0.3, 0.4) is 0 Å². The van der Waals surface area contributed by atoms with Gasteiger partial charge >= 0.3 is 0 Å². The van der Waals surface area contributed by atoms with Crippen molar-refractivity contribution in [3.8, 4) is 0 Å². The van der Waals surface area contributed by atoms with Crippen molar-refractivity contribution in [3.05, 3.63) is 70.2 Å². The van der Waals surface area contributed by atoms with Gasteiger partial charge in [-0.15, -0.1) is 0 Å². The van der Waals surface area contributed by atoms with Crippen molar-refractivity contribution in [3.63, 3.8) is 0 Å². The number of carbonyl (C=O) groups excluding carboxylic acids is 2. The summed E-state index contributed by atoms with van der Waals surface area (Å²) in [6.45, 7) is 2.84. The molecule has 2 aromatic carbocycles. The number of benzene rings is 2. The van der Waals surface area contributed by atoms with Crippen LogP contribution in [0.15, 0.2) is 48.5 Å². The van der Waals surface area contributed by atoms with Gasteiger partial charge in [0, 0.05) is 49.1 Å². The highest BCUT2D eigenvalue weighted by atomic mass is 35.5. The maximum absolute atomic E-state index is 13.1. The van der Waals surface area contributed by atoms with Crippen LogP contribution < -0.4 is 0 Å². The van der Waals surface area contributed by atoms with Crippen LogP contribution in [0, 0.1) is 0 Å². The van der Waals surface area contributed by atoms with E-state index < -0.39 is 0 Å². The molecule has 0 spiro atoms. The summed E-state index contributed by atoms with van der Waals surface area (Å²) in [5.74, 6) is 0.207. The summed E-state index contributed by atoms with van der Waals surface area (Å²) in [4.78, 5) is 29.8. The SMILES string of the molecule is O=C(C[C@@H](CN1Cc2ccccc2C1=O)c1ccc(Cl)cc1)N1CCCCCC1. The van der Waals surface area contributed by atoms with Crippen molar-refractivity contribution in [1.29, 1.82) is 0 Å². The number of amides is 2. The van der Waals surface area contributed by atoms with E-state index in [9.17, 15) is 9.59 Å². The minimum Gasteiger partial charge on any atom is -0.343 e. The van der Waals surface area contributed by atoms with Crippen molar-refractivity contribution in [1.82, 2.24) is 9.80 Å². The molecule has 1 saturated heterocycles. The van der Waals surface area contributed by atoms with Gasteiger partial charge in [0.05, 0.1) is 0 Å². The lowest BCUT2D eigenvalue weighted by atomic mass is 9.94. The zero-order valence-electron chi connectivity index (χ0n) is 16.6. The Kier molecular flexibility index (Phi) is 6.19. The smallest absolute Gasteiger partial charge is 0.254 e. The van der Waals surface area contributed by atoms with Crippen LogP contribution in [-0.2, 0) is 11.3 Å². The lowest BCUT2D eigenvalue weighted by Gasteiger charge is -2.27. The molecule has 2 amide bonds. The Bertz CT molecular complexity index is 873. The van der Waals surface area contributed by atoms with Gasteiger partial charge in [0.15, 0.2) is 0 Å². The highest BCUT2D eigenvalue weighted by Gasteiger charge is 2.30. The van der Waals surface area contributed by atoms with Crippen LogP contribution in [-0.4, -0.2) is 41.2 Å². The van der Waals surface area contributed by atoms with E-state index in [1.807, 2.05) is 58.3 Å². The average molecular weight is 411 g/mol. The predicted octanol–water partition coefficient (Wildman–Crippen LogP) is 4.87. The summed E-state index contributed by atoms with van der Waals surface area (Å²) >= 11 is 6.08. The number of nitrogens with zero attached hydrogens (tertiary/aromatic N) is 2. The van der Waals surface area contributed by atoms with Gasteiger partial charge in [-0.25, -0.2) is 0 Å². The number of hydrogen-bond acceptors (Lipinski definition) is 2. The molecular formula is C24H27ClN2O2. The topological polar surface area (TPSA) is 40.6 Å². The second-order valence-electron chi connectivity index (χ2n) is 8.09. The molecule has 2 aliphatic heterocycles. The number of halogens is 1. The van der Waals surface area contributed by atoms with Gasteiger partial charge in [0.2, 0.25) is 5.91 Å². The van der Waals surface area contributed by atoms with Crippen molar-refractivity contribution in [2.45, 2.75) is 44.6 Å². The molecule has 0 aromatic heterocycles. The number of rotatable bonds is 5. The maximum Gasteiger partial charge on any atom is 0.254 e. The van der Waals surface area contributed by atoms with Crippen LogP contribution in [0.5, 0.6) is 0 Å². The fraction of sp³-hybridized carbons (Fsp3) is 0.417. The first-order valence-corrected chi connectivity index (χ1v) is 10.9. The summed E-state index contributed by atoms with van der Waals surface area (Å²) in [7, 11) is 0. The third-order valence-corrected chi connectivity index (χ3v) is 6.31. The molecular weight excluding hydrogens is 384 g/mol. The number of hydrogen-bond donors (Lipinski definition) is 0. The molecule has 0 saturated carbocycles. The minimum atomic E-state index is -0.0405.